The second-order valence-electron chi connectivity index (χ2n) is 7.69. The zero-order valence-corrected chi connectivity index (χ0v) is 16.6. The molecule has 138 valence electrons. The SMILES string of the molecule is CC(C)Cc1nc(CSc2nnc(-c3ccc(C(C)(C)C)cc3)o2)no1. The van der Waals surface area contributed by atoms with Crippen molar-refractivity contribution >= 4 is 11.8 Å². The van der Waals surface area contributed by atoms with Gasteiger partial charge in [0.05, 0.1) is 5.75 Å². The number of hydrogen-bond donors (Lipinski definition) is 0. The van der Waals surface area contributed by atoms with Gasteiger partial charge in [-0.2, -0.15) is 4.98 Å². The monoisotopic (exact) mass is 372 g/mol. The Morgan fingerprint density at radius 3 is 2.46 bits per heavy atom. The normalized spacial score (nSPS) is 12.1. The summed E-state index contributed by atoms with van der Waals surface area (Å²) in [4.78, 5) is 4.37. The van der Waals surface area contributed by atoms with E-state index in [4.69, 9.17) is 8.94 Å². The number of aromatic nitrogens is 4. The molecule has 0 bridgehead atoms. The molecule has 0 amide bonds. The maximum Gasteiger partial charge on any atom is 0.277 e. The van der Waals surface area contributed by atoms with E-state index in [-0.39, 0.29) is 5.41 Å². The highest BCUT2D eigenvalue weighted by atomic mass is 32.2. The highest BCUT2D eigenvalue weighted by Crippen LogP contribution is 2.28. The molecule has 0 aliphatic heterocycles. The number of hydrogen-bond acceptors (Lipinski definition) is 7. The fraction of sp³-hybridized carbons (Fsp3) is 0.474. The molecule has 26 heavy (non-hydrogen) atoms. The van der Waals surface area contributed by atoms with E-state index in [0.717, 1.165) is 12.0 Å². The Hall–Kier alpha value is -2.15. The van der Waals surface area contributed by atoms with Crippen molar-refractivity contribution < 1.29 is 8.94 Å². The minimum absolute atomic E-state index is 0.118. The molecule has 0 aliphatic rings. The summed E-state index contributed by atoms with van der Waals surface area (Å²) in [6.07, 6.45) is 0.785. The summed E-state index contributed by atoms with van der Waals surface area (Å²) in [5.41, 5.74) is 2.30. The molecule has 0 fully saturated rings. The molecule has 3 rings (SSSR count). The molecule has 0 saturated carbocycles. The number of rotatable bonds is 6. The predicted molar refractivity (Wildman–Crippen MR) is 101 cm³/mol. The molecule has 0 unspecified atom stereocenters. The fourth-order valence-corrected chi connectivity index (χ4v) is 3.01. The van der Waals surface area contributed by atoms with Crippen molar-refractivity contribution in [2.24, 2.45) is 5.92 Å². The molecule has 0 radical (unpaired) electrons. The topological polar surface area (TPSA) is 77.8 Å². The maximum atomic E-state index is 5.74. The van der Waals surface area contributed by atoms with Gasteiger partial charge in [-0.15, -0.1) is 10.2 Å². The lowest BCUT2D eigenvalue weighted by molar-refractivity contribution is 0.360. The summed E-state index contributed by atoms with van der Waals surface area (Å²) >= 11 is 1.40. The molecule has 0 saturated heterocycles. The Kier molecular flexibility index (Phi) is 5.46. The molecule has 6 nitrogen and oxygen atoms in total. The Morgan fingerprint density at radius 2 is 1.81 bits per heavy atom. The van der Waals surface area contributed by atoms with Crippen LogP contribution >= 0.6 is 11.8 Å². The first-order valence-electron chi connectivity index (χ1n) is 8.70. The van der Waals surface area contributed by atoms with Crippen molar-refractivity contribution in [3.05, 3.63) is 41.5 Å². The maximum absolute atomic E-state index is 5.74. The molecular weight excluding hydrogens is 348 g/mol. The van der Waals surface area contributed by atoms with Crippen molar-refractivity contribution in [1.82, 2.24) is 20.3 Å². The van der Waals surface area contributed by atoms with E-state index in [2.05, 4.69) is 67.1 Å². The molecular formula is C19H24N4O2S. The van der Waals surface area contributed by atoms with Gasteiger partial charge in [0.15, 0.2) is 5.82 Å². The Morgan fingerprint density at radius 1 is 1.08 bits per heavy atom. The Labute approximate surface area is 157 Å². The Bertz CT molecular complexity index is 847. The third kappa shape index (κ3) is 4.72. The molecule has 3 aromatic rings. The minimum Gasteiger partial charge on any atom is -0.411 e. The minimum atomic E-state index is 0.118. The molecule has 1 aromatic carbocycles. The molecule has 7 heteroatoms. The van der Waals surface area contributed by atoms with E-state index in [0.29, 0.717) is 34.5 Å². The van der Waals surface area contributed by atoms with Gasteiger partial charge < -0.3 is 8.94 Å². The van der Waals surface area contributed by atoms with Crippen LogP contribution < -0.4 is 0 Å². The van der Waals surface area contributed by atoms with Crippen molar-refractivity contribution in [2.45, 2.75) is 57.4 Å². The van der Waals surface area contributed by atoms with Crippen molar-refractivity contribution in [1.29, 1.82) is 0 Å². The summed E-state index contributed by atoms with van der Waals surface area (Å²) in [5, 5.41) is 12.7. The van der Waals surface area contributed by atoms with Crippen LogP contribution in [0.5, 0.6) is 0 Å². The third-order valence-electron chi connectivity index (χ3n) is 3.82. The van der Waals surface area contributed by atoms with Gasteiger partial charge in [0.25, 0.3) is 5.22 Å². The van der Waals surface area contributed by atoms with E-state index in [1.165, 1.54) is 17.3 Å². The van der Waals surface area contributed by atoms with Gasteiger partial charge in [0.1, 0.15) is 0 Å². The second kappa shape index (κ2) is 7.61. The van der Waals surface area contributed by atoms with Crippen molar-refractivity contribution in [2.75, 3.05) is 0 Å². The average Bonchev–Trinajstić information content (AvgIpc) is 3.21. The summed E-state index contributed by atoms with van der Waals surface area (Å²) in [6.45, 7) is 10.8. The molecule has 0 aliphatic carbocycles. The van der Waals surface area contributed by atoms with E-state index in [1.54, 1.807) is 0 Å². The van der Waals surface area contributed by atoms with Crippen LogP contribution in [0.4, 0.5) is 0 Å². The Balaban J connectivity index is 1.62. The molecule has 0 spiro atoms. The van der Waals surface area contributed by atoms with E-state index >= 15 is 0 Å². The van der Waals surface area contributed by atoms with Gasteiger partial charge in [-0.1, -0.05) is 63.7 Å². The lowest BCUT2D eigenvalue weighted by atomic mass is 9.87. The van der Waals surface area contributed by atoms with E-state index < -0.39 is 0 Å². The number of benzene rings is 1. The lowest BCUT2D eigenvalue weighted by Gasteiger charge is -2.18. The lowest BCUT2D eigenvalue weighted by Crippen LogP contribution is -2.10. The van der Waals surface area contributed by atoms with Crippen LogP contribution in [0.15, 0.2) is 38.4 Å². The highest BCUT2D eigenvalue weighted by molar-refractivity contribution is 7.98. The zero-order chi connectivity index (χ0) is 18.7. The highest BCUT2D eigenvalue weighted by Gasteiger charge is 2.15. The third-order valence-corrected chi connectivity index (χ3v) is 4.64. The molecule has 2 heterocycles. The molecule has 2 aromatic heterocycles. The van der Waals surface area contributed by atoms with Crippen LogP contribution in [-0.2, 0) is 17.6 Å². The first-order chi connectivity index (χ1) is 12.3. The second-order valence-corrected chi connectivity index (χ2v) is 8.62. The van der Waals surface area contributed by atoms with Gasteiger partial charge in [-0.25, -0.2) is 0 Å². The number of thioether (sulfide) groups is 1. The zero-order valence-electron chi connectivity index (χ0n) is 15.8. The van der Waals surface area contributed by atoms with Crippen molar-refractivity contribution in [3.63, 3.8) is 0 Å². The van der Waals surface area contributed by atoms with Crippen LogP contribution in [0.1, 0.15) is 51.9 Å². The van der Waals surface area contributed by atoms with E-state index in [9.17, 15) is 0 Å². The van der Waals surface area contributed by atoms with Crippen molar-refractivity contribution in [3.8, 4) is 11.5 Å². The fourth-order valence-electron chi connectivity index (χ4n) is 2.40. The first-order valence-corrected chi connectivity index (χ1v) is 9.68. The summed E-state index contributed by atoms with van der Waals surface area (Å²) in [7, 11) is 0. The van der Waals surface area contributed by atoms with Gasteiger partial charge in [0, 0.05) is 12.0 Å². The molecule has 0 N–H and O–H groups in total. The van der Waals surface area contributed by atoms with Gasteiger partial charge in [-0.05, 0) is 29.0 Å². The average molecular weight is 372 g/mol. The van der Waals surface area contributed by atoms with Crippen LogP contribution in [-0.4, -0.2) is 20.3 Å². The molecule has 0 atom stereocenters. The van der Waals surface area contributed by atoms with Crippen LogP contribution in [0.3, 0.4) is 0 Å². The predicted octanol–water partition coefficient (Wildman–Crippen LogP) is 4.91. The van der Waals surface area contributed by atoms with Gasteiger partial charge >= 0.3 is 0 Å². The van der Waals surface area contributed by atoms with E-state index in [1.807, 2.05) is 12.1 Å². The number of nitrogens with zero attached hydrogens (tertiary/aromatic N) is 4. The smallest absolute Gasteiger partial charge is 0.277 e. The van der Waals surface area contributed by atoms with Crippen LogP contribution in [0, 0.1) is 5.92 Å². The van der Waals surface area contributed by atoms with Gasteiger partial charge in [-0.3, -0.25) is 0 Å². The standard InChI is InChI=1S/C19H24N4O2S/c1-12(2)10-16-20-15(23-25-16)11-26-18-22-21-17(24-18)13-6-8-14(9-7-13)19(3,4)5/h6-9,12H,10-11H2,1-5H3. The summed E-state index contributed by atoms with van der Waals surface area (Å²) in [5.74, 6) is 2.84. The first kappa shape index (κ1) is 18.6. The summed E-state index contributed by atoms with van der Waals surface area (Å²) in [6, 6.07) is 8.23. The largest absolute Gasteiger partial charge is 0.411 e. The van der Waals surface area contributed by atoms with Crippen LogP contribution in [0.25, 0.3) is 11.5 Å². The van der Waals surface area contributed by atoms with Crippen LogP contribution in [0.2, 0.25) is 0 Å². The van der Waals surface area contributed by atoms with Gasteiger partial charge in [0.2, 0.25) is 11.8 Å². The summed E-state index contributed by atoms with van der Waals surface area (Å²) < 4.78 is 11.0. The quantitative estimate of drug-likeness (QED) is 0.569.